The van der Waals surface area contributed by atoms with Crippen LogP contribution in [0, 0.1) is 5.41 Å². The van der Waals surface area contributed by atoms with Gasteiger partial charge >= 0.3 is 0 Å². The van der Waals surface area contributed by atoms with Crippen LogP contribution in [-0.2, 0) is 10.2 Å². The minimum absolute atomic E-state index is 0.0588. The fraction of sp³-hybridized carbons (Fsp3) is 0.526. The monoisotopic (exact) mass is 314 g/mol. The highest BCUT2D eigenvalue weighted by Crippen LogP contribution is 2.31. The largest absolute Gasteiger partial charge is 0.299 e. The number of hydrogen-bond donors (Lipinski definition) is 1. The number of nitrogens with zero attached hydrogens (tertiary/aromatic N) is 1. The van der Waals surface area contributed by atoms with Gasteiger partial charge < -0.3 is 0 Å². The lowest BCUT2D eigenvalue weighted by molar-refractivity contribution is -0.120. The van der Waals surface area contributed by atoms with E-state index < -0.39 is 0 Å². The van der Waals surface area contributed by atoms with Gasteiger partial charge in [0.25, 0.3) is 5.91 Å². The minimum atomic E-state index is -0.242. The first-order valence-electron chi connectivity index (χ1n) is 8.05. The molecule has 1 aliphatic rings. The van der Waals surface area contributed by atoms with Crippen molar-refractivity contribution in [3.63, 3.8) is 0 Å². The maximum Gasteiger partial charge on any atom is 0.271 e. The summed E-state index contributed by atoms with van der Waals surface area (Å²) in [5.41, 5.74) is 5.07. The second-order valence-corrected chi connectivity index (χ2v) is 8.18. The highest BCUT2D eigenvalue weighted by Gasteiger charge is 2.30. The number of hydrogen-bond acceptors (Lipinski definition) is 3. The van der Waals surface area contributed by atoms with Crippen LogP contribution in [0.1, 0.15) is 69.8 Å². The lowest BCUT2D eigenvalue weighted by atomic mass is 9.76. The van der Waals surface area contributed by atoms with E-state index in [1.165, 1.54) is 5.56 Å². The number of carbonyl (C=O) groups excluding carboxylic acids is 2. The molecule has 2 rings (SSSR count). The third kappa shape index (κ3) is 4.75. The molecule has 0 saturated heterocycles. The van der Waals surface area contributed by atoms with Crippen LogP contribution in [0.2, 0.25) is 0 Å². The molecule has 1 N–H and O–H groups in total. The van der Waals surface area contributed by atoms with Gasteiger partial charge in [-0.05, 0) is 34.9 Å². The van der Waals surface area contributed by atoms with Gasteiger partial charge in [-0.25, -0.2) is 5.43 Å². The first kappa shape index (κ1) is 17.4. The quantitative estimate of drug-likeness (QED) is 0.843. The fourth-order valence-corrected chi connectivity index (χ4v) is 2.90. The summed E-state index contributed by atoms with van der Waals surface area (Å²) in [6.07, 6.45) is 1.66. The smallest absolute Gasteiger partial charge is 0.271 e. The van der Waals surface area contributed by atoms with E-state index >= 15 is 0 Å². The molecule has 1 aromatic rings. The average molecular weight is 314 g/mol. The van der Waals surface area contributed by atoms with E-state index in [0.717, 1.165) is 12.1 Å². The number of rotatable bonds is 2. The van der Waals surface area contributed by atoms with E-state index in [1.807, 2.05) is 38.1 Å². The van der Waals surface area contributed by atoms with Gasteiger partial charge in [-0.1, -0.05) is 46.8 Å². The van der Waals surface area contributed by atoms with Crippen molar-refractivity contribution in [3.05, 3.63) is 35.4 Å². The molecule has 4 heteroatoms. The molecule has 4 nitrogen and oxygen atoms in total. The molecule has 0 aromatic heterocycles. The molecule has 0 spiro atoms. The standard InChI is InChI=1S/C19H26N2O2/c1-18(2,3)14-8-6-13(7-9-14)17(23)21-20-15-10-16(22)12-19(4,5)11-15/h6-9H,10-12H2,1-5H3,(H,21,23)/b20-15+. The van der Waals surface area contributed by atoms with E-state index in [4.69, 9.17) is 0 Å². The Kier molecular flexibility index (Phi) is 4.73. The number of Topliss-reactive ketones (excluding diaryl/α,β-unsaturated/α-hetero) is 1. The average Bonchev–Trinajstić information content (AvgIpc) is 2.42. The second-order valence-electron chi connectivity index (χ2n) is 8.18. The van der Waals surface area contributed by atoms with E-state index in [-0.39, 0.29) is 22.5 Å². The van der Waals surface area contributed by atoms with E-state index in [0.29, 0.717) is 18.4 Å². The summed E-state index contributed by atoms with van der Waals surface area (Å²) >= 11 is 0. The third-order valence-electron chi connectivity index (χ3n) is 4.09. The van der Waals surface area contributed by atoms with Crippen LogP contribution in [0.4, 0.5) is 0 Å². The molecule has 0 aliphatic heterocycles. The number of nitrogens with one attached hydrogen (secondary N) is 1. The summed E-state index contributed by atoms with van der Waals surface area (Å²) < 4.78 is 0. The molecule has 124 valence electrons. The second kappa shape index (κ2) is 6.26. The Hall–Kier alpha value is -1.97. The van der Waals surface area contributed by atoms with E-state index in [1.54, 1.807) is 0 Å². The van der Waals surface area contributed by atoms with Crippen LogP contribution in [0.15, 0.2) is 29.4 Å². The molecule has 0 atom stereocenters. The maximum atomic E-state index is 12.2. The number of carbonyl (C=O) groups is 2. The van der Waals surface area contributed by atoms with E-state index in [9.17, 15) is 9.59 Å². The zero-order valence-electron chi connectivity index (χ0n) is 14.7. The van der Waals surface area contributed by atoms with Crippen LogP contribution in [0.5, 0.6) is 0 Å². The molecule has 0 unspecified atom stereocenters. The van der Waals surface area contributed by atoms with Gasteiger partial charge in [-0.15, -0.1) is 0 Å². The highest BCUT2D eigenvalue weighted by atomic mass is 16.2. The first-order valence-corrected chi connectivity index (χ1v) is 8.05. The molecule has 1 fully saturated rings. The number of hydrazone groups is 1. The summed E-state index contributed by atoms with van der Waals surface area (Å²) in [7, 11) is 0. The number of benzene rings is 1. The zero-order chi connectivity index (χ0) is 17.3. The van der Waals surface area contributed by atoms with Crippen LogP contribution >= 0.6 is 0 Å². The van der Waals surface area contributed by atoms with Gasteiger partial charge in [0, 0.05) is 24.1 Å². The molecule has 1 saturated carbocycles. The molecule has 0 heterocycles. The van der Waals surface area contributed by atoms with Crippen molar-refractivity contribution in [1.82, 2.24) is 5.43 Å². The van der Waals surface area contributed by atoms with Crippen molar-refractivity contribution >= 4 is 17.4 Å². The Bertz CT molecular complexity index is 634. The summed E-state index contributed by atoms with van der Waals surface area (Å²) in [5.74, 6) is -0.0578. The van der Waals surface area contributed by atoms with Crippen molar-refractivity contribution in [2.45, 2.75) is 59.3 Å². The van der Waals surface area contributed by atoms with Gasteiger partial charge in [-0.2, -0.15) is 5.10 Å². The van der Waals surface area contributed by atoms with Crippen molar-refractivity contribution < 1.29 is 9.59 Å². The minimum Gasteiger partial charge on any atom is -0.299 e. The predicted octanol–water partition coefficient (Wildman–Crippen LogP) is 3.85. The fourth-order valence-electron chi connectivity index (χ4n) is 2.90. The molecular weight excluding hydrogens is 288 g/mol. The summed E-state index contributed by atoms with van der Waals surface area (Å²) in [5, 5.41) is 4.17. The number of ketones is 1. The number of amides is 1. The molecule has 0 radical (unpaired) electrons. The normalized spacial score (nSPS) is 19.7. The van der Waals surface area contributed by atoms with Crippen LogP contribution in [0.3, 0.4) is 0 Å². The predicted molar refractivity (Wildman–Crippen MR) is 92.7 cm³/mol. The Balaban J connectivity index is 2.04. The van der Waals surface area contributed by atoms with Crippen molar-refractivity contribution in [2.24, 2.45) is 10.5 Å². The van der Waals surface area contributed by atoms with E-state index in [2.05, 4.69) is 31.3 Å². The topological polar surface area (TPSA) is 58.5 Å². The zero-order valence-corrected chi connectivity index (χ0v) is 14.7. The summed E-state index contributed by atoms with van der Waals surface area (Å²) in [6, 6.07) is 7.56. The lowest BCUT2D eigenvalue weighted by Crippen LogP contribution is -2.31. The SMILES string of the molecule is CC1(C)CC(=O)C/C(=N\NC(=O)c2ccc(C(C)(C)C)cc2)C1. The maximum absolute atomic E-state index is 12.2. The van der Waals surface area contributed by atoms with Gasteiger partial charge in [0.15, 0.2) is 0 Å². The molecule has 1 aliphatic carbocycles. The van der Waals surface area contributed by atoms with Crippen molar-refractivity contribution in [1.29, 1.82) is 0 Å². The molecule has 1 aromatic carbocycles. The lowest BCUT2D eigenvalue weighted by Gasteiger charge is -2.29. The highest BCUT2D eigenvalue weighted by molar-refractivity contribution is 6.05. The Morgan fingerprint density at radius 3 is 2.26 bits per heavy atom. The summed E-state index contributed by atoms with van der Waals surface area (Å²) in [6.45, 7) is 10.5. The summed E-state index contributed by atoms with van der Waals surface area (Å²) in [4.78, 5) is 23.9. The Morgan fingerprint density at radius 1 is 1.13 bits per heavy atom. The van der Waals surface area contributed by atoms with Crippen LogP contribution < -0.4 is 5.43 Å². The van der Waals surface area contributed by atoms with Gasteiger partial charge in [0.2, 0.25) is 0 Å². The van der Waals surface area contributed by atoms with Crippen LogP contribution in [0.25, 0.3) is 0 Å². The molecule has 0 bridgehead atoms. The third-order valence-corrected chi connectivity index (χ3v) is 4.09. The molecule has 23 heavy (non-hydrogen) atoms. The van der Waals surface area contributed by atoms with Gasteiger partial charge in [-0.3, -0.25) is 9.59 Å². The van der Waals surface area contributed by atoms with Crippen molar-refractivity contribution in [3.8, 4) is 0 Å². The van der Waals surface area contributed by atoms with Gasteiger partial charge in [0.05, 0.1) is 0 Å². The van der Waals surface area contributed by atoms with Crippen molar-refractivity contribution in [2.75, 3.05) is 0 Å². The van der Waals surface area contributed by atoms with Gasteiger partial charge in [0.1, 0.15) is 5.78 Å². The Labute approximate surface area is 138 Å². The molecular formula is C19H26N2O2. The molecule has 1 amide bonds. The Morgan fingerprint density at radius 2 is 1.74 bits per heavy atom. The van der Waals surface area contributed by atoms with Crippen LogP contribution in [-0.4, -0.2) is 17.4 Å². The first-order chi connectivity index (χ1) is 10.6.